The molecule has 0 aliphatic heterocycles. The number of aryl methyl sites for hydroxylation is 2. The highest BCUT2D eigenvalue weighted by Crippen LogP contribution is 2.32. The molecule has 0 heterocycles. The fraction of sp³-hybridized carbons (Fsp3) is 0.267. The first-order valence-electron chi connectivity index (χ1n) is 11.5. The molecule has 3 aromatic rings. The van der Waals surface area contributed by atoms with Gasteiger partial charge in [-0.1, -0.05) is 54.6 Å². The number of methoxy groups -OCH3 is 1. The highest BCUT2D eigenvalue weighted by atomic mass is 16.5. The normalized spacial score (nSPS) is 14.3. The molecular weight excluding hydrogens is 424 g/mol. The van der Waals surface area contributed by atoms with E-state index in [0.29, 0.717) is 29.9 Å². The molecule has 3 atom stereocenters. The molecule has 0 aliphatic rings. The van der Waals surface area contributed by atoms with E-state index in [9.17, 15) is 15.3 Å². The summed E-state index contributed by atoms with van der Waals surface area (Å²) in [6.07, 6.45) is 3.16. The predicted octanol–water partition coefficient (Wildman–Crippen LogP) is 6.24. The standard InChI is InChI=1S/C30H34O4/c1-5-27(30(33)24-11-14-26(34-4)15-12-24)28(31)16-13-25(23-9-7-6-8-10-23)19-22-17-20(2)29(32)21(3)18-22/h5-12,14-15,17-19,27-28,30-33H,1,13,16H2,2-4H3/b25-19-/t27-,28-,30-/m1/s1. The van der Waals surface area contributed by atoms with Gasteiger partial charge >= 0.3 is 0 Å². The van der Waals surface area contributed by atoms with Crippen LogP contribution in [0.4, 0.5) is 0 Å². The molecule has 0 aromatic heterocycles. The molecule has 3 rings (SSSR count). The average Bonchev–Trinajstić information content (AvgIpc) is 2.85. The first-order valence-corrected chi connectivity index (χ1v) is 11.5. The number of aliphatic hydroxyl groups is 2. The van der Waals surface area contributed by atoms with Crippen LogP contribution in [-0.2, 0) is 0 Å². The number of phenols is 1. The van der Waals surface area contributed by atoms with Crippen LogP contribution in [-0.4, -0.2) is 28.5 Å². The van der Waals surface area contributed by atoms with Crippen LogP contribution < -0.4 is 4.74 Å². The zero-order valence-corrected chi connectivity index (χ0v) is 20.1. The molecule has 0 unspecified atom stereocenters. The molecule has 0 amide bonds. The average molecular weight is 459 g/mol. The number of benzene rings is 3. The maximum Gasteiger partial charge on any atom is 0.121 e. The third-order valence-corrected chi connectivity index (χ3v) is 6.25. The second-order valence-corrected chi connectivity index (χ2v) is 8.68. The SMILES string of the molecule is C=C[C@H]([C@H](O)CC/C(=C/c1cc(C)c(O)c(C)c1)c1ccccc1)[C@H](O)c1ccc(OC)cc1. The quantitative estimate of drug-likeness (QED) is 0.249. The van der Waals surface area contributed by atoms with Crippen molar-refractivity contribution in [1.82, 2.24) is 0 Å². The molecule has 3 aromatic carbocycles. The Morgan fingerprint density at radius 2 is 1.59 bits per heavy atom. The number of hydrogen-bond donors (Lipinski definition) is 3. The lowest BCUT2D eigenvalue weighted by molar-refractivity contribution is 0.0325. The lowest BCUT2D eigenvalue weighted by atomic mass is 9.87. The minimum Gasteiger partial charge on any atom is -0.507 e. The lowest BCUT2D eigenvalue weighted by Gasteiger charge is -2.26. The van der Waals surface area contributed by atoms with Crippen LogP contribution in [0.25, 0.3) is 11.6 Å². The Labute approximate surface area is 202 Å². The van der Waals surface area contributed by atoms with E-state index in [1.165, 1.54) is 0 Å². The third-order valence-electron chi connectivity index (χ3n) is 6.25. The summed E-state index contributed by atoms with van der Waals surface area (Å²) in [5.74, 6) is 0.516. The van der Waals surface area contributed by atoms with Crippen molar-refractivity contribution >= 4 is 11.6 Å². The summed E-state index contributed by atoms with van der Waals surface area (Å²) in [6.45, 7) is 7.64. The van der Waals surface area contributed by atoms with Gasteiger partial charge in [-0.25, -0.2) is 0 Å². The van der Waals surface area contributed by atoms with E-state index in [1.54, 1.807) is 37.5 Å². The number of aliphatic hydroxyl groups excluding tert-OH is 2. The summed E-state index contributed by atoms with van der Waals surface area (Å²) in [6, 6.07) is 21.2. The van der Waals surface area contributed by atoms with Crippen molar-refractivity contribution in [3.63, 3.8) is 0 Å². The van der Waals surface area contributed by atoms with Crippen LogP contribution in [0.15, 0.2) is 79.4 Å². The fourth-order valence-corrected chi connectivity index (χ4v) is 4.24. The Morgan fingerprint density at radius 3 is 2.15 bits per heavy atom. The molecule has 0 saturated heterocycles. The molecule has 0 saturated carbocycles. The highest BCUT2D eigenvalue weighted by molar-refractivity contribution is 5.82. The van der Waals surface area contributed by atoms with Crippen molar-refractivity contribution in [2.24, 2.45) is 5.92 Å². The smallest absolute Gasteiger partial charge is 0.121 e. The number of allylic oxidation sites excluding steroid dienone is 1. The maximum atomic E-state index is 11.0. The molecule has 4 heteroatoms. The van der Waals surface area contributed by atoms with Gasteiger partial charge in [-0.2, -0.15) is 0 Å². The molecule has 0 aliphatic carbocycles. The largest absolute Gasteiger partial charge is 0.507 e. The van der Waals surface area contributed by atoms with Gasteiger partial charge in [0, 0.05) is 5.92 Å². The van der Waals surface area contributed by atoms with Crippen molar-refractivity contribution < 1.29 is 20.1 Å². The summed E-state index contributed by atoms with van der Waals surface area (Å²) in [5.41, 5.74) is 5.51. The molecule has 34 heavy (non-hydrogen) atoms. The number of ether oxygens (including phenoxy) is 1. The summed E-state index contributed by atoms with van der Waals surface area (Å²) >= 11 is 0. The first kappa shape index (κ1) is 25.3. The lowest BCUT2D eigenvalue weighted by Crippen LogP contribution is -2.25. The summed E-state index contributed by atoms with van der Waals surface area (Å²) in [4.78, 5) is 0. The van der Waals surface area contributed by atoms with Gasteiger partial charge in [0.05, 0.1) is 19.3 Å². The summed E-state index contributed by atoms with van der Waals surface area (Å²) < 4.78 is 5.19. The van der Waals surface area contributed by atoms with E-state index in [4.69, 9.17) is 4.74 Å². The number of hydrogen-bond acceptors (Lipinski definition) is 4. The first-order chi connectivity index (χ1) is 16.3. The van der Waals surface area contributed by atoms with E-state index in [0.717, 1.165) is 27.8 Å². The predicted molar refractivity (Wildman–Crippen MR) is 139 cm³/mol. The van der Waals surface area contributed by atoms with Crippen molar-refractivity contribution in [2.75, 3.05) is 7.11 Å². The Morgan fingerprint density at radius 1 is 0.971 bits per heavy atom. The van der Waals surface area contributed by atoms with Gasteiger partial charge in [0.1, 0.15) is 11.5 Å². The fourth-order valence-electron chi connectivity index (χ4n) is 4.24. The van der Waals surface area contributed by atoms with E-state index in [2.05, 4.69) is 24.8 Å². The van der Waals surface area contributed by atoms with Gasteiger partial charge in [-0.05, 0) is 84.3 Å². The maximum absolute atomic E-state index is 11.0. The zero-order chi connectivity index (χ0) is 24.7. The highest BCUT2D eigenvalue weighted by Gasteiger charge is 2.25. The van der Waals surface area contributed by atoms with Gasteiger partial charge in [0.25, 0.3) is 0 Å². The Balaban J connectivity index is 1.81. The summed E-state index contributed by atoms with van der Waals surface area (Å²) in [7, 11) is 1.60. The van der Waals surface area contributed by atoms with Gasteiger partial charge in [0.15, 0.2) is 0 Å². The Bertz CT molecular complexity index is 1090. The molecule has 0 bridgehead atoms. The van der Waals surface area contributed by atoms with Gasteiger partial charge in [-0.15, -0.1) is 6.58 Å². The van der Waals surface area contributed by atoms with Crippen molar-refractivity contribution in [3.05, 3.63) is 107 Å². The number of aromatic hydroxyl groups is 1. The van der Waals surface area contributed by atoms with E-state index >= 15 is 0 Å². The van der Waals surface area contributed by atoms with Crippen LogP contribution in [0.3, 0.4) is 0 Å². The molecular formula is C30H34O4. The van der Waals surface area contributed by atoms with Crippen LogP contribution in [0.5, 0.6) is 11.5 Å². The molecule has 0 spiro atoms. The van der Waals surface area contributed by atoms with Crippen molar-refractivity contribution in [3.8, 4) is 11.5 Å². The minimum atomic E-state index is -0.870. The molecule has 4 nitrogen and oxygen atoms in total. The van der Waals surface area contributed by atoms with Crippen LogP contribution in [0, 0.1) is 19.8 Å². The van der Waals surface area contributed by atoms with Gasteiger partial charge < -0.3 is 20.1 Å². The zero-order valence-electron chi connectivity index (χ0n) is 20.1. The molecule has 178 valence electrons. The minimum absolute atomic E-state index is 0.315. The van der Waals surface area contributed by atoms with Crippen LogP contribution in [0.2, 0.25) is 0 Å². The topological polar surface area (TPSA) is 69.9 Å². The van der Waals surface area contributed by atoms with Gasteiger partial charge in [0.2, 0.25) is 0 Å². The second-order valence-electron chi connectivity index (χ2n) is 8.68. The van der Waals surface area contributed by atoms with Crippen molar-refractivity contribution in [2.45, 2.75) is 38.9 Å². The Hall–Kier alpha value is -3.34. The number of rotatable bonds is 10. The van der Waals surface area contributed by atoms with Crippen molar-refractivity contribution in [1.29, 1.82) is 0 Å². The molecule has 3 N–H and O–H groups in total. The van der Waals surface area contributed by atoms with E-state index in [1.807, 2.05) is 44.2 Å². The number of phenolic OH excluding ortho intramolecular Hbond substituents is 1. The van der Waals surface area contributed by atoms with E-state index < -0.39 is 18.1 Å². The van der Waals surface area contributed by atoms with Crippen LogP contribution in [0.1, 0.15) is 46.8 Å². The molecule has 0 fully saturated rings. The Kier molecular flexibility index (Phi) is 8.69. The molecule has 0 radical (unpaired) electrons. The van der Waals surface area contributed by atoms with Gasteiger partial charge in [-0.3, -0.25) is 0 Å². The second kappa shape index (κ2) is 11.7. The third kappa shape index (κ3) is 6.16. The van der Waals surface area contributed by atoms with E-state index in [-0.39, 0.29) is 0 Å². The monoisotopic (exact) mass is 458 g/mol. The van der Waals surface area contributed by atoms with Crippen LogP contribution >= 0.6 is 0 Å². The summed E-state index contributed by atoms with van der Waals surface area (Å²) in [5, 5.41) is 32.0.